The molecule has 0 atom stereocenters. The van der Waals surface area contributed by atoms with Crippen molar-refractivity contribution in [2.75, 3.05) is 45.9 Å². The Bertz CT molecular complexity index is 228. The fourth-order valence-corrected chi connectivity index (χ4v) is 2.32. The molecule has 0 unspecified atom stereocenters. The van der Waals surface area contributed by atoms with Crippen LogP contribution in [0, 0.1) is 0 Å². The third kappa shape index (κ3) is 5.80. The second-order valence-electron chi connectivity index (χ2n) is 4.87. The number of hydrogen-bond donors (Lipinski definition) is 2. The maximum atomic E-state index is 12.1. The van der Waals surface area contributed by atoms with Crippen molar-refractivity contribution in [2.45, 2.75) is 32.1 Å². The van der Waals surface area contributed by atoms with Gasteiger partial charge in [0.1, 0.15) is 0 Å². The Balaban J connectivity index is 2.37. The quantitative estimate of drug-likeness (QED) is 0.678. The first-order valence-corrected chi connectivity index (χ1v) is 6.99. The zero-order valence-corrected chi connectivity index (χ0v) is 11.2. The van der Waals surface area contributed by atoms with Gasteiger partial charge in [0.25, 0.3) is 0 Å². The molecular weight excluding hydrogens is 232 g/mol. The van der Waals surface area contributed by atoms with Gasteiger partial charge < -0.3 is 15.1 Å². The summed E-state index contributed by atoms with van der Waals surface area (Å²) in [4.78, 5) is 16.0. The van der Waals surface area contributed by atoms with Crippen molar-refractivity contribution in [1.82, 2.24) is 9.80 Å². The molecule has 1 aliphatic rings. The summed E-state index contributed by atoms with van der Waals surface area (Å²) in [7, 11) is 0. The minimum atomic E-state index is 0.0543. The summed E-state index contributed by atoms with van der Waals surface area (Å²) >= 11 is 0. The largest absolute Gasteiger partial charge is 0.396 e. The molecule has 2 N–H and O–H groups in total. The molecule has 1 saturated heterocycles. The Kier molecular flexibility index (Phi) is 7.96. The molecule has 106 valence electrons. The molecule has 0 spiro atoms. The lowest BCUT2D eigenvalue weighted by atomic mass is 10.2. The smallest absolute Gasteiger partial charge is 0.236 e. The maximum Gasteiger partial charge on any atom is 0.236 e. The molecule has 0 aromatic rings. The lowest BCUT2D eigenvalue weighted by molar-refractivity contribution is -0.132. The average molecular weight is 258 g/mol. The third-order valence-corrected chi connectivity index (χ3v) is 3.37. The standard InChI is InChI=1S/C13H26N2O3/c16-10-5-6-14(9-11-17)12-13(18)15-7-3-1-2-4-8-15/h16-17H,1-12H2. The maximum absolute atomic E-state index is 12.1. The van der Waals surface area contributed by atoms with E-state index in [-0.39, 0.29) is 19.1 Å². The van der Waals surface area contributed by atoms with Crippen molar-refractivity contribution in [3.05, 3.63) is 0 Å². The minimum Gasteiger partial charge on any atom is -0.396 e. The van der Waals surface area contributed by atoms with Gasteiger partial charge in [0.2, 0.25) is 5.91 Å². The molecular formula is C13H26N2O3. The van der Waals surface area contributed by atoms with E-state index in [0.29, 0.717) is 26.1 Å². The second kappa shape index (κ2) is 9.30. The number of aliphatic hydroxyl groups is 2. The lowest BCUT2D eigenvalue weighted by Gasteiger charge is -2.26. The monoisotopic (exact) mass is 258 g/mol. The molecule has 1 amide bonds. The van der Waals surface area contributed by atoms with E-state index in [0.717, 1.165) is 25.9 Å². The molecule has 0 radical (unpaired) electrons. The molecule has 5 nitrogen and oxygen atoms in total. The van der Waals surface area contributed by atoms with Crippen LogP contribution in [0.5, 0.6) is 0 Å². The lowest BCUT2D eigenvalue weighted by Crippen LogP contribution is -2.42. The van der Waals surface area contributed by atoms with Crippen LogP contribution in [-0.4, -0.2) is 71.9 Å². The van der Waals surface area contributed by atoms with E-state index >= 15 is 0 Å². The number of carbonyl (C=O) groups is 1. The van der Waals surface area contributed by atoms with E-state index in [1.165, 1.54) is 12.8 Å². The Morgan fingerprint density at radius 3 is 2.22 bits per heavy atom. The zero-order chi connectivity index (χ0) is 13.2. The first-order valence-electron chi connectivity index (χ1n) is 6.99. The topological polar surface area (TPSA) is 64.0 Å². The van der Waals surface area contributed by atoms with Crippen molar-refractivity contribution < 1.29 is 15.0 Å². The fourth-order valence-electron chi connectivity index (χ4n) is 2.32. The van der Waals surface area contributed by atoms with E-state index in [1.54, 1.807) is 0 Å². The zero-order valence-electron chi connectivity index (χ0n) is 11.2. The number of rotatable bonds is 7. The molecule has 1 heterocycles. The van der Waals surface area contributed by atoms with Crippen molar-refractivity contribution in [3.8, 4) is 0 Å². The van der Waals surface area contributed by atoms with Gasteiger partial charge in [-0.2, -0.15) is 0 Å². The Labute approximate surface area is 109 Å². The highest BCUT2D eigenvalue weighted by atomic mass is 16.3. The van der Waals surface area contributed by atoms with Gasteiger partial charge in [-0.15, -0.1) is 0 Å². The van der Waals surface area contributed by atoms with Crippen LogP contribution < -0.4 is 0 Å². The fraction of sp³-hybridized carbons (Fsp3) is 0.923. The van der Waals surface area contributed by atoms with Gasteiger partial charge in [0, 0.05) is 32.8 Å². The number of aliphatic hydroxyl groups excluding tert-OH is 2. The summed E-state index contributed by atoms with van der Waals surface area (Å²) in [6.07, 6.45) is 5.28. The van der Waals surface area contributed by atoms with Crippen LogP contribution in [0.3, 0.4) is 0 Å². The molecule has 18 heavy (non-hydrogen) atoms. The highest BCUT2D eigenvalue weighted by molar-refractivity contribution is 5.78. The molecule has 0 saturated carbocycles. The predicted molar refractivity (Wildman–Crippen MR) is 70.3 cm³/mol. The molecule has 1 aliphatic heterocycles. The third-order valence-electron chi connectivity index (χ3n) is 3.37. The highest BCUT2D eigenvalue weighted by Gasteiger charge is 2.18. The number of likely N-dealkylation sites (tertiary alicyclic amines) is 1. The van der Waals surface area contributed by atoms with Crippen molar-refractivity contribution in [2.24, 2.45) is 0 Å². The van der Waals surface area contributed by atoms with Crippen LogP contribution in [0.2, 0.25) is 0 Å². The van der Waals surface area contributed by atoms with Gasteiger partial charge in [0.15, 0.2) is 0 Å². The average Bonchev–Trinajstić information content (AvgIpc) is 2.65. The van der Waals surface area contributed by atoms with Gasteiger partial charge in [-0.1, -0.05) is 12.8 Å². The first-order chi connectivity index (χ1) is 8.77. The van der Waals surface area contributed by atoms with Gasteiger partial charge in [0.05, 0.1) is 13.2 Å². The van der Waals surface area contributed by atoms with Crippen LogP contribution in [0.4, 0.5) is 0 Å². The number of nitrogens with zero attached hydrogens (tertiary/aromatic N) is 2. The van der Waals surface area contributed by atoms with Crippen LogP contribution in [0.1, 0.15) is 32.1 Å². The summed E-state index contributed by atoms with van der Waals surface area (Å²) in [5.74, 6) is 0.156. The van der Waals surface area contributed by atoms with E-state index in [4.69, 9.17) is 10.2 Å². The molecule has 0 aromatic heterocycles. The first kappa shape index (κ1) is 15.4. The molecule has 5 heteroatoms. The number of carbonyl (C=O) groups excluding carboxylic acids is 1. The van der Waals surface area contributed by atoms with E-state index in [1.807, 2.05) is 9.80 Å². The molecule has 1 fully saturated rings. The summed E-state index contributed by atoms with van der Waals surface area (Å²) in [5.41, 5.74) is 0. The summed E-state index contributed by atoms with van der Waals surface area (Å²) in [5, 5.41) is 17.8. The SMILES string of the molecule is O=C(CN(CCO)CCCO)N1CCCCCC1. The van der Waals surface area contributed by atoms with E-state index in [9.17, 15) is 4.79 Å². The minimum absolute atomic E-state index is 0.0543. The van der Waals surface area contributed by atoms with Gasteiger partial charge in [-0.3, -0.25) is 9.69 Å². The highest BCUT2D eigenvalue weighted by Crippen LogP contribution is 2.10. The van der Waals surface area contributed by atoms with Gasteiger partial charge in [-0.25, -0.2) is 0 Å². The van der Waals surface area contributed by atoms with Crippen LogP contribution >= 0.6 is 0 Å². The molecule has 0 bridgehead atoms. The summed E-state index contributed by atoms with van der Waals surface area (Å²) in [6.45, 7) is 3.44. The van der Waals surface area contributed by atoms with Crippen molar-refractivity contribution >= 4 is 5.91 Å². The number of hydrogen-bond acceptors (Lipinski definition) is 4. The van der Waals surface area contributed by atoms with Gasteiger partial charge >= 0.3 is 0 Å². The predicted octanol–water partition coefficient (Wildman–Crippen LogP) is 0.0657. The Hall–Kier alpha value is -0.650. The van der Waals surface area contributed by atoms with E-state index in [2.05, 4.69) is 0 Å². The van der Waals surface area contributed by atoms with Crippen LogP contribution in [0.15, 0.2) is 0 Å². The Morgan fingerprint density at radius 2 is 1.67 bits per heavy atom. The van der Waals surface area contributed by atoms with E-state index < -0.39 is 0 Å². The van der Waals surface area contributed by atoms with Crippen LogP contribution in [-0.2, 0) is 4.79 Å². The Morgan fingerprint density at radius 1 is 1.00 bits per heavy atom. The molecule has 0 aromatic carbocycles. The van der Waals surface area contributed by atoms with Crippen LogP contribution in [0.25, 0.3) is 0 Å². The summed E-state index contributed by atoms with van der Waals surface area (Å²) < 4.78 is 0. The van der Waals surface area contributed by atoms with Gasteiger partial charge in [-0.05, 0) is 19.3 Å². The second-order valence-corrected chi connectivity index (χ2v) is 4.87. The molecule has 0 aliphatic carbocycles. The van der Waals surface area contributed by atoms with Crippen molar-refractivity contribution in [1.29, 1.82) is 0 Å². The summed E-state index contributed by atoms with van der Waals surface area (Å²) in [6, 6.07) is 0. The normalized spacial score (nSPS) is 16.9. The van der Waals surface area contributed by atoms with Crippen molar-refractivity contribution in [3.63, 3.8) is 0 Å². The number of amides is 1. The molecule has 1 rings (SSSR count).